The number of pyridine rings is 1. The van der Waals surface area contributed by atoms with E-state index >= 15 is 0 Å². The normalized spacial score (nSPS) is 11.0. The zero-order valence-electron chi connectivity index (χ0n) is 16.1. The number of para-hydroxylation sites is 1. The van der Waals surface area contributed by atoms with E-state index in [-0.39, 0.29) is 5.91 Å². The van der Waals surface area contributed by atoms with Gasteiger partial charge in [-0.2, -0.15) is 0 Å². The number of fused-ring (bicyclic) bond motifs is 1. The maximum absolute atomic E-state index is 13.0. The Bertz CT molecular complexity index is 1350. The van der Waals surface area contributed by atoms with Gasteiger partial charge in [0.25, 0.3) is 5.91 Å². The van der Waals surface area contributed by atoms with Gasteiger partial charge in [0.1, 0.15) is 0 Å². The number of imidazole rings is 1. The lowest BCUT2D eigenvalue weighted by atomic mass is 10.1. The molecule has 0 saturated heterocycles. The maximum Gasteiger partial charge on any atom is 0.259 e. The molecule has 0 fully saturated rings. The summed E-state index contributed by atoms with van der Waals surface area (Å²) in [6, 6.07) is 19.3. The number of amides is 1. The van der Waals surface area contributed by atoms with Gasteiger partial charge < -0.3 is 4.57 Å². The number of aryl methyl sites for hydroxylation is 1. The lowest BCUT2D eigenvalue weighted by molar-refractivity contribution is 0.102. The summed E-state index contributed by atoms with van der Waals surface area (Å²) in [7, 11) is 1.94. The molecule has 0 aliphatic heterocycles. The van der Waals surface area contributed by atoms with E-state index in [0.29, 0.717) is 16.2 Å². The molecule has 5 rings (SSSR count). The molecule has 7 heteroatoms. The van der Waals surface area contributed by atoms with E-state index in [4.69, 9.17) is 4.98 Å². The standard InChI is InChI=1S/C23H17N5OS/c1-28-14-13-25-21(28)20-19(16-7-3-2-4-8-16)26-23(30-20)27-22(29)17-11-5-9-15-10-6-12-24-18(15)17/h2-14H,1H3,(H,26,27,29). The van der Waals surface area contributed by atoms with Crippen molar-refractivity contribution in [3.63, 3.8) is 0 Å². The van der Waals surface area contributed by atoms with Gasteiger partial charge in [-0.1, -0.05) is 59.9 Å². The molecule has 0 bridgehead atoms. The lowest BCUT2D eigenvalue weighted by Gasteiger charge is -2.05. The molecule has 5 aromatic rings. The number of nitrogens with zero attached hydrogens (tertiary/aromatic N) is 4. The van der Waals surface area contributed by atoms with Crippen molar-refractivity contribution in [2.75, 3.05) is 5.32 Å². The highest BCUT2D eigenvalue weighted by Gasteiger charge is 2.20. The number of carbonyl (C=O) groups excluding carboxylic acids is 1. The summed E-state index contributed by atoms with van der Waals surface area (Å²) in [5, 5.41) is 4.39. The molecule has 1 amide bonds. The number of nitrogens with one attached hydrogen (secondary N) is 1. The van der Waals surface area contributed by atoms with E-state index < -0.39 is 0 Å². The second-order valence-corrected chi connectivity index (χ2v) is 7.76. The van der Waals surface area contributed by atoms with Crippen LogP contribution in [0.15, 0.2) is 79.3 Å². The number of carbonyl (C=O) groups is 1. The van der Waals surface area contributed by atoms with Crippen molar-refractivity contribution in [2.24, 2.45) is 7.05 Å². The van der Waals surface area contributed by atoms with Crippen molar-refractivity contribution in [2.45, 2.75) is 0 Å². The highest BCUT2D eigenvalue weighted by molar-refractivity contribution is 7.19. The van der Waals surface area contributed by atoms with Crippen LogP contribution in [-0.4, -0.2) is 25.4 Å². The number of aromatic nitrogens is 4. The zero-order valence-corrected chi connectivity index (χ0v) is 16.9. The molecule has 1 N–H and O–H groups in total. The van der Waals surface area contributed by atoms with Gasteiger partial charge in [0.15, 0.2) is 11.0 Å². The van der Waals surface area contributed by atoms with Crippen molar-refractivity contribution in [1.82, 2.24) is 19.5 Å². The fourth-order valence-electron chi connectivity index (χ4n) is 3.35. The van der Waals surface area contributed by atoms with Crippen LogP contribution in [0.1, 0.15) is 10.4 Å². The van der Waals surface area contributed by atoms with Crippen LogP contribution in [0, 0.1) is 0 Å². The number of hydrogen-bond acceptors (Lipinski definition) is 5. The van der Waals surface area contributed by atoms with Gasteiger partial charge in [0.2, 0.25) is 0 Å². The molecule has 0 saturated carbocycles. The predicted molar refractivity (Wildman–Crippen MR) is 119 cm³/mol. The Kier molecular flexibility index (Phi) is 4.57. The average Bonchev–Trinajstić information content (AvgIpc) is 3.39. The van der Waals surface area contributed by atoms with Crippen LogP contribution in [0.5, 0.6) is 0 Å². The number of rotatable bonds is 4. The van der Waals surface area contributed by atoms with Gasteiger partial charge in [0.05, 0.1) is 21.7 Å². The van der Waals surface area contributed by atoms with Crippen LogP contribution in [0.25, 0.3) is 32.9 Å². The second kappa shape index (κ2) is 7.53. The molecule has 0 atom stereocenters. The number of thiazole rings is 1. The monoisotopic (exact) mass is 411 g/mol. The third kappa shape index (κ3) is 3.25. The van der Waals surface area contributed by atoms with Crippen LogP contribution < -0.4 is 5.32 Å². The Morgan fingerprint density at radius 1 is 0.967 bits per heavy atom. The number of anilines is 1. The first-order valence-electron chi connectivity index (χ1n) is 9.40. The van der Waals surface area contributed by atoms with Gasteiger partial charge in [0, 0.05) is 36.6 Å². The zero-order chi connectivity index (χ0) is 20.5. The summed E-state index contributed by atoms with van der Waals surface area (Å²) in [4.78, 5) is 27.5. The SMILES string of the molecule is Cn1ccnc1-c1sc(NC(=O)c2cccc3cccnc23)nc1-c1ccccc1. The van der Waals surface area contributed by atoms with Gasteiger partial charge in [-0.15, -0.1) is 0 Å². The first kappa shape index (κ1) is 18.2. The molecule has 0 radical (unpaired) electrons. The second-order valence-electron chi connectivity index (χ2n) is 6.76. The van der Waals surface area contributed by atoms with Gasteiger partial charge in [-0.25, -0.2) is 9.97 Å². The van der Waals surface area contributed by atoms with E-state index in [9.17, 15) is 4.79 Å². The van der Waals surface area contributed by atoms with E-state index in [0.717, 1.165) is 27.3 Å². The van der Waals surface area contributed by atoms with Crippen LogP contribution in [0.4, 0.5) is 5.13 Å². The van der Waals surface area contributed by atoms with Gasteiger partial charge in [-0.3, -0.25) is 15.1 Å². The molecule has 3 heterocycles. The average molecular weight is 411 g/mol. The summed E-state index contributed by atoms with van der Waals surface area (Å²) in [5.74, 6) is 0.567. The van der Waals surface area contributed by atoms with Crippen molar-refractivity contribution in [3.8, 4) is 22.0 Å². The molecule has 0 spiro atoms. The highest BCUT2D eigenvalue weighted by Crippen LogP contribution is 2.38. The molecule has 0 aliphatic carbocycles. The Labute approximate surface area is 176 Å². The molecule has 2 aromatic carbocycles. The molecular formula is C23H17N5OS. The summed E-state index contributed by atoms with van der Waals surface area (Å²) in [5.41, 5.74) is 2.95. The van der Waals surface area contributed by atoms with E-state index in [1.165, 1.54) is 11.3 Å². The third-order valence-electron chi connectivity index (χ3n) is 4.80. The fraction of sp³-hybridized carbons (Fsp3) is 0.0435. The molecule has 0 unspecified atom stereocenters. The Morgan fingerprint density at radius 2 is 1.80 bits per heavy atom. The van der Waals surface area contributed by atoms with E-state index in [1.807, 2.05) is 72.4 Å². The van der Waals surface area contributed by atoms with E-state index in [1.54, 1.807) is 18.5 Å². The molecule has 6 nitrogen and oxygen atoms in total. The summed E-state index contributed by atoms with van der Waals surface area (Å²) >= 11 is 1.41. The summed E-state index contributed by atoms with van der Waals surface area (Å²) in [6.07, 6.45) is 5.34. The fourth-order valence-corrected chi connectivity index (χ4v) is 4.38. The molecule has 30 heavy (non-hydrogen) atoms. The first-order valence-corrected chi connectivity index (χ1v) is 10.2. The van der Waals surface area contributed by atoms with Crippen molar-refractivity contribution >= 4 is 33.3 Å². The minimum atomic E-state index is -0.237. The maximum atomic E-state index is 13.0. The minimum absolute atomic E-state index is 0.237. The third-order valence-corrected chi connectivity index (χ3v) is 5.76. The van der Waals surface area contributed by atoms with Crippen molar-refractivity contribution in [1.29, 1.82) is 0 Å². The highest BCUT2D eigenvalue weighted by atomic mass is 32.1. The van der Waals surface area contributed by atoms with Gasteiger partial charge in [-0.05, 0) is 12.1 Å². The summed E-state index contributed by atoms with van der Waals surface area (Å²) in [6.45, 7) is 0. The number of benzene rings is 2. The molecular weight excluding hydrogens is 394 g/mol. The van der Waals surface area contributed by atoms with Crippen LogP contribution in [0.3, 0.4) is 0 Å². The Hall–Kier alpha value is -3.84. The van der Waals surface area contributed by atoms with E-state index in [2.05, 4.69) is 15.3 Å². The number of hydrogen-bond donors (Lipinski definition) is 1. The lowest BCUT2D eigenvalue weighted by Crippen LogP contribution is -2.12. The van der Waals surface area contributed by atoms with Crippen LogP contribution >= 0.6 is 11.3 Å². The Balaban J connectivity index is 1.56. The largest absolute Gasteiger partial charge is 0.333 e. The first-order chi connectivity index (χ1) is 14.7. The molecule has 0 aliphatic rings. The molecule has 3 aromatic heterocycles. The van der Waals surface area contributed by atoms with Crippen LogP contribution in [0.2, 0.25) is 0 Å². The quantitative estimate of drug-likeness (QED) is 0.451. The Morgan fingerprint density at radius 3 is 2.60 bits per heavy atom. The summed E-state index contributed by atoms with van der Waals surface area (Å²) < 4.78 is 1.94. The van der Waals surface area contributed by atoms with Crippen LogP contribution in [-0.2, 0) is 7.05 Å². The van der Waals surface area contributed by atoms with Gasteiger partial charge >= 0.3 is 0 Å². The topological polar surface area (TPSA) is 72.7 Å². The van der Waals surface area contributed by atoms with Crippen molar-refractivity contribution in [3.05, 3.63) is 84.8 Å². The molecule has 146 valence electrons. The van der Waals surface area contributed by atoms with Crippen molar-refractivity contribution < 1.29 is 4.79 Å². The predicted octanol–water partition coefficient (Wildman–Crippen LogP) is 5.01. The smallest absolute Gasteiger partial charge is 0.259 e. The minimum Gasteiger partial charge on any atom is -0.333 e.